The molecule has 0 radical (unpaired) electrons. The van der Waals surface area contributed by atoms with Gasteiger partial charge in [-0.25, -0.2) is 0 Å². The Bertz CT molecular complexity index is 1080. The molecule has 27 heavy (non-hydrogen) atoms. The fourth-order valence-electron chi connectivity index (χ4n) is 2.77. The van der Waals surface area contributed by atoms with E-state index in [9.17, 15) is 0 Å². The van der Waals surface area contributed by atoms with Crippen molar-refractivity contribution in [2.45, 2.75) is 20.5 Å². The average Bonchev–Trinajstić information content (AvgIpc) is 3.33. The Morgan fingerprint density at radius 3 is 2.70 bits per heavy atom. The van der Waals surface area contributed by atoms with Crippen LogP contribution in [0, 0.1) is 13.8 Å². The van der Waals surface area contributed by atoms with E-state index >= 15 is 0 Å². The second-order valence-electron chi connectivity index (χ2n) is 6.26. The molecule has 0 amide bonds. The molecule has 6 nitrogen and oxygen atoms in total. The van der Waals surface area contributed by atoms with E-state index in [-0.39, 0.29) is 0 Å². The van der Waals surface area contributed by atoms with E-state index in [0.717, 1.165) is 22.4 Å². The summed E-state index contributed by atoms with van der Waals surface area (Å²) in [5, 5.41) is 4.05. The van der Waals surface area contributed by atoms with Crippen LogP contribution in [0.5, 0.6) is 5.75 Å². The number of para-hydroxylation sites is 1. The standard InChI is InChI=1S/C21H19N3O3/c1-13-6-3-4-9-18(13)25-12-15-10-11-19(26-15)21-23-20(24-27-21)16-7-5-8-17(22)14(16)2/h3-11H,12,22H2,1-2H3. The highest BCUT2D eigenvalue weighted by molar-refractivity contribution is 5.68. The number of rotatable bonds is 5. The number of hydrogen-bond acceptors (Lipinski definition) is 6. The molecule has 0 aliphatic rings. The SMILES string of the molecule is Cc1ccccc1OCc1ccc(-c2nc(-c3cccc(N)c3C)no2)o1. The van der Waals surface area contributed by atoms with Crippen molar-refractivity contribution in [1.82, 2.24) is 10.1 Å². The lowest BCUT2D eigenvalue weighted by atomic mass is 10.1. The molecule has 0 aliphatic carbocycles. The lowest BCUT2D eigenvalue weighted by Crippen LogP contribution is -1.95. The highest BCUT2D eigenvalue weighted by Crippen LogP contribution is 2.28. The van der Waals surface area contributed by atoms with Crippen LogP contribution in [0.15, 0.2) is 63.5 Å². The van der Waals surface area contributed by atoms with Crippen LogP contribution in [0.2, 0.25) is 0 Å². The number of nitrogens with two attached hydrogens (primary N) is 1. The third kappa shape index (κ3) is 3.42. The Kier molecular flexibility index (Phi) is 4.38. The first-order valence-corrected chi connectivity index (χ1v) is 8.58. The molecule has 0 aliphatic heterocycles. The van der Waals surface area contributed by atoms with E-state index in [1.54, 1.807) is 6.07 Å². The molecule has 2 heterocycles. The van der Waals surface area contributed by atoms with Crippen LogP contribution >= 0.6 is 0 Å². The Labute approximate surface area is 156 Å². The van der Waals surface area contributed by atoms with Gasteiger partial charge in [-0.1, -0.05) is 35.5 Å². The number of aromatic nitrogens is 2. The van der Waals surface area contributed by atoms with Gasteiger partial charge in [-0.2, -0.15) is 4.98 Å². The van der Waals surface area contributed by atoms with Crippen LogP contribution in [0.25, 0.3) is 23.0 Å². The van der Waals surface area contributed by atoms with Gasteiger partial charge in [-0.15, -0.1) is 0 Å². The Morgan fingerprint density at radius 1 is 1.00 bits per heavy atom. The molecule has 0 fully saturated rings. The van der Waals surface area contributed by atoms with Crippen LogP contribution in [0.1, 0.15) is 16.9 Å². The van der Waals surface area contributed by atoms with Crippen molar-refractivity contribution in [3.63, 3.8) is 0 Å². The molecule has 2 aromatic heterocycles. The minimum absolute atomic E-state index is 0.314. The second-order valence-corrected chi connectivity index (χ2v) is 6.26. The van der Waals surface area contributed by atoms with Crippen molar-refractivity contribution in [2.24, 2.45) is 0 Å². The molecular formula is C21H19N3O3. The van der Waals surface area contributed by atoms with Crippen LogP contribution in [0.4, 0.5) is 5.69 Å². The fraction of sp³-hybridized carbons (Fsp3) is 0.143. The summed E-state index contributed by atoms with van der Waals surface area (Å²) in [4.78, 5) is 4.43. The van der Waals surface area contributed by atoms with Crippen molar-refractivity contribution < 1.29 is 13.7 Å². The number of furan rings is 1. The summed E-state index contributed by atoms with van der Waals surface area (Å²) in [6.45, 7) is 4.25. The summed E-state index contributed by atoms with van der Waals surface area (Å²) < 4.78 is 16.9. The first-order valence-electron chi connectivity index (χ1n) is 8.58. The summed E-state index contributed by atoms with van der Waals surface area (Å²) >= 11 is 0. The first kappa shape index (κ1) is 16.9. The molecule has 4 aromatic rings. The second kappa shape index (κ2) is 6.99. The minimum Gasteiger partial charge on any atom is -0.485 e. The first-order chi connectivity index (χ1) is 13.1. The highest BCUT2D eigenvalue weighted by atomic mass is 16.5. The van der Waals surface area contributed by atoms with Gasteiger partial charge in [-0.3, -0.25) is 0 Å². The van der Waals surface area contributed by atoms with Gasteiger partial charge in [-0.05, 0) is 49.2 Å². The Balaban J connectivity index is 1.51. The number of anilines is 1. The normalized spacial score (nSPS) is 10.9. The zero-order chi connectivity index (χ0) is 18.8. The zero-order valence-corrected chi connectivity index (χ0v) is 15.1. The maximum Gasteiger partial charge on any atom is 0.293 e. The average molecular weight is 361 g/mol. The van der Waals surface area contributed by atoms with Crippen molar-refractivity contribution in [3.05, 3.63) is 71.5 Å². The molecule has 4 rings (SSSR count). The fourth-order valence-corrected chi connectivity index (χ4v) is 2.77. The number of aryl methyl sites for hydroxylation is 1. The molecule has 6 heteroatoms. The van der Waals surface area contributed by atoms with E-state index in [0.29, 0.717) is 35.5 Å². The largest absolute Gasteiger partial charge is 0.485 e. The zero-order valence-electron chi connectivity index (χ0n) is 15.1. The lowest BCUT2D eigenvalue weighted by molar-refractivity contribution is 0.269. The van der Waals surface area contributed by atoms with Gasteiger partial charge in [0.1, 0.15) is 18.1 Å². The summed E-state index contributed by atoms with van der Waals surface area (Å²) in [6.07, 6.45) is 0. The molecule has 0 bridgehead atoms. The van der Waals surface area contributed by atoms with Gasteiger partial charge in [0.2, 0.25) is 5.82 Å². The molecule has 0 unspecified atom stereocenters. The van der Waals surface area contributed by atoms with Gasteiger partial charge in [0.05, 0.1) is 0 Å². The van der Waals surface area contributed by atoms with E-state index in [1.165, 1.54) is 0 Å². The third-order valence-electron chi connectivity index (χ3n) is 4.38. The summed E-state index contributed by atoms with van der Waals surface area (Å²) in [5.74, 6) is 2.79. The van der Waals surface area contributed by atoms with Gasteiger partial charge in [0.25, 0.3) is 5.89 Å². The number of ether oxygens (including phenoxy) is 1. The van der Waals surface area contributed by atoms with Crippen LogP contribution < -0.4 is 10.5 Å². The monoisotopic (exact) mass is 361 g/mol. The van der Waals surface area contributed by atoms with Crippen molar-refractivity contribution >= 4 is 5.69 Å². The minimum atomic E-state index is 0.314. The molecular weight excluding hydrogens is 342 g/mol. The predicted octanol–water partition coefficient (Wildman–Crippen LogP) is 4.77. The van der Waals surface area contributed by atoms with Crippen LogP contribution in [-0.4, -0.2) is 10.1 Å². The van der Waals surface area contributed by atoms with Crippen molar-refractivity contribution in [2.75, 3.05) is 5.73 Å². The van der Waals surface area contributed by atoms with Crippen molar-refractivity contribution in [1.29, 1.82) is 0 Å². The quantitative estimate of drug-likeness (QED) is 0.515. The maximum atomic E-state index is 5.95. The lowest BCUT2D eigenvalue weighted by Gasteiger charge is -2.06. The molecule has 0 saturated carbocycles. The van der Waals surface area contributed by atoms with Gasteiger partial charge < -0.3 is 19.4 Å². The molecule has 0 saturated heterocycles. The van der Waals surface area contributed by atoms with E-state index < -0.39 is 0 Å². The van der Waals surface area contributed by atoms with Gasteiger partial charge in [0.15, 0.2) is 5.76 Å². The number of benzene rings is 2. The smallest absolute Gasteiger partial charge is 0.293 e. The molecule has 0 atom stereocenters. The number of nitrogen functional groups attached to an aromatic ring is 1. The van der Waals surface area contributed by atoms with E-state index in [2.05, 4.69) is 10.1 Å². The summed E-state index contributed by atoms with van der Waals surface area (Å²) in [5.41, 5.74) is 9.46. The van der Waals surface area contributed by atoms with Crippen LogP contribution in [0.3, 0.4) is 0 Å². The third-order valence-corrected chi connectivity index (χ3v) is 4.38. The topological polar surface area (TPSA) is 87.3 Å². The number of hydrogen-bond donors (Lipinski definition) is 1. The predicted molar refractivity (Wildman–Crippen MR) is 102 cm³/mol. The van der Waals surface area contributed by atoms with Crippen molar-refractivity contribution in [3.8, 4) is 28.8 Å². The van der Waals surface area contributed by atoms with Gasteiger partial charge in [0, 0.05) is 11.3 Å². The Morgan fingerprint density at radius 2 is 1.85 bits per heavy atom. The number of nitrogens with zero attached hydrogens (tertiary/aromatic N) is 2. The molecule has 0 spiro atoms. The summed E-state index contributed by atoms with van der Waals surface area (Å²) in [7, 11) is 0. The van der Waals surface area contributed by atoms with Crippen LogP contribution in [-0.2, 0) is 6.61 Å². The van der Waals surface area contributed by atoms with E-state index in [1.807, 2.05) is 62.4 Å². The van der Waals surface area contributed by atoms with E-state index in [4.69, 9.17) is 19.4 Å². The summed E-state index contributed by atoms with van der Waals surface area (Å²) in [6, 6.07) is 17.1. The van der Waals surface area contributed by atoms with Gasteiger partial charge >= 0.3 is 0 Å². The highest BCUT2D eigenvalue weighted by Gasteiger charge is 2.16. The molecule has 2 aromatic carbocycles. The maximum absolute atomic E-state index is 5.95. The molecule has 136 valence electrons. The molecule has 2 N–H and O–H groups in total. The Hall–Kier alpha value is -3.54.